The molecule has 0 atom stereocenters. The van der Waals surface area contributed by atoms with Crippen LogP contribution in [0.15, 0.2) is 127 Å². The molecule has 6 aromatic rings. The molecule has 17 nitrogen and oxygen atoms in total. The van der Waals surface area contributed by atoms with E-state index in [-0.39, 0.29) is 47.9 Å². The number of aryl methyl sites for hydroxylation is 3. The highest BCUT2D eigenvalue weighted by atomic mass is 32.2. The molecule has 84 heavy (non-hydrogen) atoms. The van der Waals surface area contributed by atoms with Crippen LogP contribution in [0.2, 0.25) is 0 Å². The lowest BCUT2D eigenvalue weighted by Crippen LogP contribution is -2.40. The van der Waals surface area contributed by atoms with Gasteiger partial charge in [-0.1, -0.05) is 108 Å². The minimum absolute atomic E-state index is 0.0619. The van der Waals surface area contributed by atoms with Crippen molar-refractivity contribution in [3.8, 4) is 0 Å². The Balaban J connectivity index is 0.000000141. The summed E-state index contributed by atoms with van der Waals surface area (Å²) in [6.45, 7) is 14.0. The van der Waals surface area contributed by atoms with Gasteiger partial charge >= 0.3 is 15.6 Å². The second-order valence-electron chi connectivity index (χ2n) is 21.0. The quantitative estimate of drug-likeness (QED) is 0.0674. The van der Waals surface area contributed by atoms with Crippen molar-refractivity contribution in [2.45, 2.75) is 65.2 Å². The highest BCUT2D eigenvalue weighted by Gasteiger charge is 2.47. The zero-order valence-electron chi connectivity index (χ0n) is 47.1. The molecule has 6 aliphatic rings. The largest absolute Gasteiger partial charge is 0.523 e. The van der Waals surface area contributed by atoms with Gasteiger partial charge in [0.2, 0.25) is 0 Å². The first-order chi connectivity index (χ1) is 40.2. The summed E-state index contributed by atoms with van der Waals surface area (Å²) < 4.78 is 61.2. The summed E-state index contributed by atoms with van der Waals surface area (Å²) in [6.07, 6.45) is 3.40. The number of benzene rings is 6. The van der Waals surface area contributed by atoms with Crippen LogP contribution in [0.1, 0.15) is 112 Å². The summed E-state index contributed by atoms with van der Waals surface area (Å²) in [5.41, 5.74) is 15.0. The summed E-state index contributed by atoms with van der Waals surface area (Å²) in [6, 6.07) is 39.7. The molecule has 6 aromatic carbocycles. The van der Waals surface area contributed by atoms with Crippen molar-refractivity contribution in [1.29, 1.82) is 0 Å². The van der Waals surface area contributed by atoms with E-state index in [2.05, 4.69) is 94.7 Å². The Morgan fingerprint density at radius 1 is 0.500 bits per heavy atom. The molecule has 6 aliphatic heterocycles. The Morgan fingerprint density at radius 2 is 0.869 bits per heavy atom. The average molecular weight is 1170 g/mol. The molecule has 0 radical (unpaired) electrons. The Kier molecular flexibility index (Phi) is 20.6. The van der Waals surface area contributed by atoms with Crippen LogP contribution in [-0.2, 0) is 53.2 Å². The number of halogens is 3. The van der Waals surface area contributed by atoms with Crippen molar-refractivity contribution in [3.05, 3.63) is 211 Å². The second kappa shape index (κ2) is 27.8. The lowest BCUT2D eigenvalue weighted by atomic mass is 9.98. The molecule has 4 N–H and O–H groups in total. The number of carbonyl (C=O) groups is 6. The lowest BCUT2D eigenvalue weighted by Gasteiger charge is -2.30. The van der Waals surface area contributed by atoms with Gasteiger partial charge in [-0.2, -0.15) is 21.6 Å². The smallest absolute Gasteiger partial charge is 0.395 e. The van der Waals surface area contributed by atoms with E-state index in [0.29, 0.717) is 33.7 Å². The van der Waals surface area contributed by atoms with Crippen LogP contribution < -0.4 is 11.1 Å². The first kappa shape index (κ1) is 62.3. The van der Waals surface area contributed by atoms with E-state index < -0.39 is 40.6 Å². The number of carbonyl (C=O) groups excluding carboxylic acids is 6. The fourth-order valence-electron chi connectivity index (χ4n) is 10.6. The number of nitrogens with two attached hydrogens (primary N) is 1. The minimum Gasteiger partial charge on any atom is -0.395 e. The molecule has 0 saturated heterocycles. The molecule has 21 heteroatoms. The molecule has 442 valence electrons. The third-order valence-electron chi connectivity index (χ3n) is 15.0. The molecule has 0 saturated carbocycles. The number of nitrogens with zero attached hydrogens (tertiary/aromatic N) is 5. The van der Waals surface area contributed by atoms with Crippen molar-refractivity contribution in [3.63, 3.8) is 0 Å². The highest BCUT2D eigenvalue weighted by Crippen LogP contribution is 2.28. The maximum absolute atomic E-state index is 12.4. The van der Waals surface area contributed by atoms with Crippen molar-refractivity contribution in [1.82, 2.24) is 29.8 Å². The summed E-state index contributed by atoms with van der Waals surface area (Å²) >= 11 is 0. The Bertz CT molecular complexity index is 3450. The molecular weight excluding hydrogens is 1100 g/mol. The van der Waals surface area contributed by atoms with E-state index in [9.17, 15) is 50.4 Å². The summed E-state index contributed by atoms with van der Waals surface area (Å²) in [5, 5.41) is 12.1. The van der Waals surface area contributed by atoms with Gasteiger partial charge in [-0.15, -0.1) is 0 Å². The van der Waals surface area contributed by atoms with Gasteiger partial charge in [0.25, 0.3) is 35.4 Å². The van der Waals surface area contributed by atoms with Gasteiger partial charge in [0, 0.05) is 58.9 Å². The SMILES string of the molecule is Cc1ccc2c(c1)CCN(CCN)C2.Cc1ccc2c(c1)CCN(CCN1C(=O)c3ccccc3C1=O)C2.Cc1ccc2c(c1)CCNC2.O=C1c2ccccc2C(=O)N1CCO.O=C1c2ccccc2C(=O)N1CCOS(=O)(=O)C(F)(F)F. The maximum Gasteiger partial charge on any atom is 0.523 e. The standard InChI is InChI=1S/C20H20N2O2.C12H18N2.C11H8F3NO5S.C10H9NO3.C10H13N/c1-14-6-7-16-13-21(9-8-15(16)12-14)10-11-22-19(23)17-4-2-3-5-18(17)20(22)24;1-10-2-3-12-9-14(7-5-13)6-4-11(12)8-10;12-11(13,14)21(18,19)20-6-5-15-9(16)7-3-1-2-4-8(7)10(15)17;12-6-5-11-9(13)7-3-1-2-4-8(7)10(11)14;1-8-2-3-10-7-11-5-4-9(10)6-8/h2-7,12H,8-11,13H2,1H3;2-3,8H,4-7,9,13H2,1H3;1-4H,5-6H2;1-4,12H,5-6H2;2-3,6,11H,4-5,7H2,1H3. The van der Waals surface area contributed by atoms with E-state index >= 15 is 0 Å². The summed E-state index contributed by atoms with van der Waals surface area (Å²) in [5.74, 6) is -2.38. The Labute approximate surface area is 486 Å². The van der Waals surface area contributed by atoms with Gasteiger partial charge in [0.15, 0.2) is 0 Å². The van der Waals surface area contributed by atoms with Gasteiger partial charge in [0.1, 0.15) is 0 Å². The number of aliphatic hydroxyl groups is 1. The first-order valence-electron chi connectivity index (χ1n) is 27.7. The summed E-state index contributed by atoms with van der Waals surface area (Å²) in [4.78, 5) is 79.5. The number of rotatable bonds is 11. The highest BCUT2D eigenvalue weighted by molar-refractivity contribution is 7.87. The topological polar surface area (TPSA) is 220 Å². The van der Waals surface area contributed by atoms with Crippen molar-refractivity contribution in [2.24, 2.45) is 5.73 Å². The van der Waals surface area contributed by atoms with Gasteiger partial charge < -0.3 is 16.2 Å². The molecule has 12 rings (SSSR count). The number of hydrogen-bond acceptors (Lipinski definition) is 14. The van der Waals surface area contributed by atoms with Crippen LogP contribution in [0.25, 0.3) is 0 Å². The van der Waals surface area contributed by atoms with Gasteiger partial charge in [-0.25, -0.2) is 0 Å². The Hall–Kier alpha value is -7.76. The molecule has 0 aromatic heterocycles. The fraction of sp³-hybridized carbons (Fsp3) is 0.333. The first-order valence-corrected chi connectivity index (χ1v) is 29.1. The van der Waals surface area contributed by atoms with E-state index in [1.807, 2.05) is 0 Å². The van der Waals surface area contributed by atoms with Crippen LogP contribution in [0, 0.1) is 20.8 Å². The predicted octanol–water partition coefficient (Wildman–Crippen LogP) is 7.03. The zero-order valence-corrected chi connectivity index (χ0v) is 47.9. The normalized spacial score (nSPS) is 16.1. The molecular formula is C63H68F3N7O10S. The lowest BCUT2D eigenvalue weighted by molar-refractivity contribution is -0.0543. The molecule has 0 bridgehead atoms. The van der Waals surface area contributed by atoms with E-state index in [1.54, 1.807) is 48.5 Å². The monoisotopic (exact) mass is 1170 g/mol. The van der Waals surface area contributed by atoms with E-state index in [1.165, 1.54) is 92.1 Å². The van der Waals surface area contributed by atoms with Gasteiger partial charge in [-0.05, 0) is 116 Å². The van der Waals surface area contributed by atoms with Crippen LogP contribution >= 0.6 is 0 Å². The van der Waals surface area contributed by atoms with Gasteiger partial charge in [-0.3, -0.25) is 57.4 Å². The van der Waals surface area contributed by atoms with Crippen LogP contribution in [0.3, 0.4) is 0 Å². The second-order valence-corrected chi connectivity index (χ2v) is 22.6. The average Bonchev–Trinajstić information content (AvgIpc) is 2.53. The fourth-order valence-corrected chi connectivity index (χ4v) is 11.1. The number of β-amino-alcohol motifs (C(OH)–C–C–N with tert-alkyl or cyclic N) is 1. The number of fused-ring (bicyclic) bond motifs is 6. The maximum atomic E-state index is 12.4. The molecule has 0 unspecified atom stereocenters. The van der Waals surface area contributed by atoms with Gasteiger partial charge in [0.05, 0.1) is 59.7 Å². The third-order valence-corrected chi connectivity index (χ3v) is 16.1. The van der Waals surface area contributed by atoms with Crippen molar-refractivity contribution >= 4 is 45.6 Å². The van der Waals surface area contributed by atoms with E-state index in [4.69, 9.17) is 10.8 Å². The molecule has 0 aliphatic carbocycles. The predicted molar refractivity (Wildman–Crippen MR) is 309 cm³/mol. The number of aliphatic hydroxyl groups excluding tert-OH is 1. The molecule has 6 heterocycles. The molecule has 0 spiro atoms. The third kappa shape index (κ3) is 14.8. The Morgan fingerprint density at radius 3 is 1.26 bits per heavy atom. The number of nitrogens with one attached hydrogen (secondary N) is 1. The van der Waals surface area contributed by atoms with Crippen LogP contribution in [0.4, 0.5) is 13.2 Å². The molecule has 6 amide bonds. The van der Waals surface area contributed by atoms with E-state index in [0.717, 1.165) is 70.2 Å². The number of alkyl halides is 3. The van der Waals surface area contributed by atoms with Crippen LogP contribution in [-0.4, -0.2) is 151 Å². The van der Waals surface area contributed by atoms with Crippen molar-refractivity contribution < 1.29 is 59.6 Å². The zero-order chi connectivity index (χ0) is 60.3. The van der Waals surface area contributed by atoms with Crippen LogP contribution in [0.5, 0.6) is 0 Å². The molecule has 0 fully saturated rings. The number of amides is 6. The van der Waals surface area contributed by atoms with Crippen molar-refractivity contribution in [2.75, 3.05) is 72.1 Å². The minimum atomic E-state index is -5.74. The number of imide groups is 3. The summed E-state index contributed by atoms with van der Waals surface area (Å²) in [7, 11) is -5.74. The number of hydrogen-bond donors (Lipinski definition) is 3.